The summed E-state index contributed by atoms with van der Waals surface area (Å²) in [5.41, 5.74) is 0. The molecule has 0 aromatic rings. The molecular weight excluding hydrogens is 201 g/mol. The summed E-state index contributed by atoms with van der Waals surface area (Å²) in [7, 11) is 0. The molecule has 1 N–H and O–H groups in total. The van der Waals surface area contributed by atoms with Crippen molar-refractivity contribution in [1.29, 1.82) is 0 Å². The normalized spacial score (nSPS) is 21.1. The van der Waals surface area contributed by atoms with E-state index in [9.17, 15) is 18.0 Å². The van der Waals surface area contributed by atoms with E-state index >= 15 is 0 Å². The van der Waals surface area contributed by atoms with Crippen LogP contribution < -0.4 is 0 Å². The highest BCUT2D eigenvalue weighted by Gasteiger charge is 2.38. The molecule has 0 spiro atoms. The number of carboxylic acids is 1. The van der Waals surface area contributed by atoms with Crippen molar-refractivity contribution < 1.29 is 23.1 Å². The maximum atomic E-state index is 12.1. The monoisotopic (exact) mass is 212 g/mol. The van der Waals surface area contributed by atoms with Crippen LogP contribution in [-0.4, -0.2) is 59.9 Å². The Labute approximate surface area is 78.9 Å². The smallest absolute Gasteiger partial charge is 0.460 e. The van der Waals surface area contributed by atoms with Crippen molar-refractivity contribution in [3.05, 3.63) is 0 Å². The second kappa shape index (κ2) is 4.14. The van der Waals surface area contributed by atoms with Gasteiger partial charge < -0.3 is 5.11 Å². The first kappa shape index (κ1) is 11.3. The second-order valence-corrected chi connectivity index (χ2v) is 3.12. The lowest BCUT2D eigenvalue weighted by Crippen LogP contribution is -2.52. The number of rotatable bonds is 2. The summed E-state index contributed by atoms with van der Waals surface area (Å²) in [5.74, 6) is -1.01. The van der Waals surface area contributed by atoms with E-state index in [1.807, 2.05) is 0 Å². The molecule has 82 valence electrons. The molecule has 1 heterocycles. The summed E-state index contributed by atoms with van der Waals surface area (Å²) in [4.78, 5) is 12.2. The Hall–Kier alpha value is -0.820. The van der Waals surface area contributed by atoms with Crippen molar-refractivity contribution in [3.8, 4) is 0 Å². The zero-order chi connectivity index (χ0) is 10.8. The standard InChI is InChI=1S/C7H11F3N2O2/c8-7(9,10)12-3-1-11(2-4-12)5-6(13)14/h1-5H2,(H,13,14). The van der Waals surface area contributed by atoms with E-state index < -0.39 is 12.3 Å². The van der Waals surface area contributed by atoms with E-state index in [0.29, 0.717) is 4.90 Å². The lowest BCUT2D eigenvalue weighted by atomic mass is 10.3. The molecule has 0 aliphatic carbocycles. The number of hydrogen-bond donors (Lipinski definition) is 1. The van der Waals surface area contributed by atoms with Crippen molar-refractivity contribution in [2.75, 3.05) is 32.7 Å². The number of piperazine rings is 1. The van der Waals surface area contributed by atoms with Gasteiger partial charge in [-0.1, -0.05) is 0 Å². The zero-order valence-corrected chi connectivity index (χ0v) is 7.42. The third-order valence-electron chi connectivity index (χ3n) is 2.09. The molecule has 1 aliphatic heterocycles. The molecule has 14 heavy (non-hydrogen) atoms. The SMILES string of the molecule is O=C(O)CN1CCN(C(F)(F)F)CC1. The quantitative estimate of drug-likeness (QED) is 0.664. The maximum absolute atomic E-state index is 12.1. The molecule has 1 rings (SSSR count). The molecule has 1 aliphatic rings. The van der Waals surface area contributed by atoms with Crippen LogP contribution in [0.1, 0.15) is 0 Å². The van der Waals surface area contributed by atoms with Crippen LogP contribution in [0.4, 0.5) is 13.2 Å². The summed E-state index contributed by atoms with van der Waals surface area (Å²) in [5, 5.41) is 8.41. The van der Waals surface area contributed by atoms with Gasteiger partial charge in [0.05, 0.1) is 6.54 Å². The molecular formula is C7H11F3N2O2. The van der Waals surface area contributed by atoms with Gasteiger partial charge in [-0.3, -0.25) is 9.69 Å². The minimum atomic E-state index is -4.30. The predicted molar refractivity (Wildman–Crippen MR) is 41.7 cm³/mol. The number of alkyl halides is 3. The Balaban J connectivity index is 2.35. The Morgan fingerprint density at radius 2 is 1.71 bits per heavy atom. The number of carbonyl (C=O) groups is 1. The summed E-state index contributed by atoms with van der Waals surface area (Å²) in [6.07, 6.45) is -4.30. The predicted octanol–water partition coefficient (Wildman–Crippen LogP) is 0.208. The molecule has 0 atom stereocenters. The number of halogens is 3. The molecule has 7 heteroatoms. The highest BCUT2D eigenvalue weighted by Crippen LogP contribution is 2.22. The van der Waals surface area contributed by atoms with Crippen LogP contribution in [0.15, 0.2) is 0 Å². The fourth-order valence-electron chi connectivity index (χ4n) is 1.35. The van der Waals surface area contributed by atoms with Gasteiger partial charge in [0.1, 0.15) is 0 Å². The van der Waals surface area contributed by atoms with Gasteiger partial charge in [0.15, 0.2) is 0 Å². The van der Waals surface area contributed by atoms with Gasteiger partial charge in [-0.15, -0.1) is 0 Å². The van der Waals surface area contributed by atoms with Crippen molar-refractivity contribution in [3.63, 3.8) is 0 Å². The first-order valence-corrected chi connectivity index (χ1v) is 4.15. The lowest BCUT2D eigenvalue weighted by Gasteiger charge is -2.34. The van der Waals surface area contributed by atoms with Gasteiger partial charge in [0.25, 0.3) is 0 Å². The fourth-order valence-corrected chi connectivity index (χ4v) is 1.35. The minimum Gasteiger partial charge on any atom is -0.480 e. The van der Waals surface area contributed by atoms with Gasteiger partial charge in [0.2, 0.25) is 0 Å². The third-order valence-corrected chi connectivity index (χ3v) is 2.09. The van der Waals surface area contributed by atoms with Crippen LogP contribution in [0.3, 0.4) is 0 Å². The molecule has 0 aromatic heterocycles. The molecule has 0 bridgehead atoms. The van der Waals surface area contributed by atoms with E-state index in [1.165, 1.54) is 4.90 Å². The van der Waals surface area contributed by atoms with Crippen molar-refractivity contribution >= 4 is 5.97 Å². The Morgan fingerprint density at radius 1 is 1.21 bits per heavy atom. The first-order chi connectivity index (χ1) is 6.39. The maximum Gasteiger partial charge on any atom is 0.460 e. The van der Waals surface area contributed by atoms with E-state index in [1.54, 1.807) is 0 Å². The molecule has 0 amide bonds. The second-order valence-electron chi connectivity index (χ2n) is 3.12. The van der Waals surface area contributed by atoms with Crippen molar-refractivity contribution in [1.82, 2.24) is 9.80 Å². The average molecular weight is 212 g/mol. The zero-order valence-electron chi connectivity index (χ0n) is 7.42. The molecule has 1 fully saturated rings. The topological polar surface area (TPSA) is 43.8 Å². The Bertz CT molecular complexity index is 211. The molecule has 1 saturated heterocycles. The third kappa shape index (κ3) is 3.15. The number of aliphatic carboxylic acids is 1. The Kier molecular flexibility index (Phi) is 3.33. The summed E-state index contributed by atoms with van der Waals surface area (Å²) < 4.78 is 36.4. The molecule has 0 aromatic carbocycles. The summed E-state index contributed by atoms with van der Waals surface area (Å²) >= 11 is 0. The molecule has 4 nitrogen and oxygen atoms in total. The van der Waals surface area contributed by atoms with Gasteiger partial charge in [-0.2, -0.15) is 13.2 Å². The van der Waals surface area contributed by atoms with E-state index in [-0.39, 0.29) is 32.7 Å². The first-order valence-electron chi connectivity index (χ1n) is 4.15. The van der Waals surface area contributed by atoms with Crippen LogP contribution in [0.5, 0.6) is 0 Å². The van der Waals surface area contributed by atoms with E-state index in [2.05, 4.69) is 0 Å². The van der Waals surface area contributed by atoms with E-state index in [0.717, 1.165) is 0 Å². The van der Waals surface area contributed by atoms with Crippen LogP contribution in [0.25, 0.3) is 0 Å². The summed E-state index contributed by atoms with van der Waals surface area (Å²) in [6.45, 7) is -0.211. The highest BCUT2D eigenvalue weighted by atomic mass is 19.4. The van der Waals surface area contributed by atoms with Gasteiger partial charge in [-0.05, 0) is 0 Å². The summed E-state index contributed by atoms with van der Waals surface area (Å²) in [6, 6.07) is 0. The molecule has 0 radical (unpaired) electrons. The highest BCUT2D eigenvalue weighted by molar-refractivity contribution is 5.69. The number of carboxylic acid groups (broad SMARTS) is 1. The number of hydrogen-bond acceptors (Lipinski definition) is 3. The van der Waals surface area contributed by atoms with Crippen molar-refractivity contribution in [2.24, 2.45) is 0 Å². The fraction of sp³-hybridized carbons (Fsp3) is 0.857. The molecule has 0 unspecified atom stereocenters. The molecule has 0 saturated carbocycles. The van der Waals surface area contributed by atoms with Gasteiger partial charge in [-0.25, -0.2) is 4.90 Å². The largest absolute Gasteiger partial charge is 0.480 e. The van der Waals surface area contributed by atoms with E-state index in [4.69, 9.17) is 5.11 Å². The average Bonchev–Trinajstić information content (AvgIpc) is 2.02. The van der Waals surface area contributed by atoms with Crippen LogP contribution >= 0.6 is 0 Å². The van der Waals surface area contributed by atoms with Crippen molar-refractivity contribution in [2.45, 2.75) is 6.30 Å². The van der Waals surface area contributed by atoms with Crippen LogP contribution in [-0.2, 0) is 4.79 Å². The minimum absolute atomic E-state index is 0.145. The number of nitrogens with zero attached hydrogens (tertiary/aromatic N) is 2. The van der Waals surface area contributed by atoms with Crippen LogP contribution in [0.2, 0.25) is 0 Å². The van der Waals surface area contributed by atoms with Gasteiger partial charge >= 0.3 is 12.3 Å². The van der Waals surface area contributed by atoms with Crippen LogP contribution in [0, 0.1) is 0 Å². The van der Waals surface area contributed by atoms with Gasteiger partial charge in [0, 0.05) is 26.2 Å². The lowest BCUT2D eigenvalue weighted by molar-refractivity contribution is -0.252. The Morgan fingerprint density at radius 3 is 2.07 bits per heavy atom.